The summed E-state index contributed by atoms with van der Waals surface area (Å²) in [7, 11) is 0. The average molecular weight is 200 g/mol. The van der Waals surface area contributed by atoms with Crippen LogP contribution >= 0.6 is 11.8 Å². The minimum absolute atomic E-state index is 1.28. The van der Waals surface area contributed by atoms with Crippen LogP contribution in [-0.4, -0.2) is 11.5 Å². The second-order valence-corrected chi connectivity index (χ2v) is 4.61. The molecule has 0 nitrogen and oxygen atoms in total. The SMILES string of the molecule is CC=CCCCCCCSCCC. The van der Waals surface area contributed by atoms with E-state index in [2.05, 4.69) is 37.8 Å². The molecule has 0 saturated heterocycles. The topological polar surface area (TPSA) is 0 Å². The summed E-state index contributed by atoms with van der Waals surface area (Å²) in [5, 5.41) is 0. The molecule has 0 aromatic rings. The predicted octanol–water partition coefficient (Wildman–Crippen LogP) is 4.66. The van der Waals surface area contributed by atoms with E-state index in [0.29, 0.717) is 0 Å². The van der Waals surface area contributed by atoms with E-state index in [1.165, 1.54) is 50.0 Å². The molecule has 0 aromatic carbocycles. The minimum atomic E-state index is 1.28. The first-order valence-corrected chi connectivity index (χ1v) is 6.76. The van der Waals surface area contributed by atoms with E-state index in [1.807, 2.05) is 0 Å². The van der Waals surface area contributed by atoms with Crippen molar-refractivity contribution in [2.45, 2.75) is 52.4 Å². The summed E-state index contributed by atoms with van der Waals surface area (Å²) in [4.78, 5) is 0. The summed E-state index contributed by atoms with van der Waals surface area (Å²) in [5.41, 5.74) is 0. The molecule has 78 valence electrons. The van der Waals surface area contributed by atoms with Crippen molar-refractivity contribution < 1.29 is 0 Å². The van der Waals surface area contributed by atoms with Crippen molar-refractivity contribution in [1.82, 2.24) is 0 Å². The molecule has 0 aliphatic rings. The maximum absolute atomic E-state index is 2.27. The van der Waals surface area contributed by atoms with E-state index in [1.54, 1.807) is 0 Å². The van der Waals surface area contributed by atoms with Gasteiger partial charge in [-0.05, 0) is 44.1 Å². The Bertz CT molecular complexity index is 108. The number of thioether (sulfide) groups is 1. The number of hydrogen-bond acceptors (Lipinski definition) is 1. The Hall–Kier alpha value is 0.0900. The highest BCUT2D eigenvalue weighted by Gasteiger charge is 1.89. The monoisotopic (exact) mass is 200 g/mol. The van der Waals surface area contributed by atoms with E-state index < -0.39 is 0 Å². The van der Waals surface area contributed by atoms with Crippen LogP contribution in [0, 0.1) is 0 Å². The van der Waals surface area contributed by atoms with E-state index >= 15 is 0 Å². The average Bonchev–Trinajstić information content (AvgIpc) is 2.16. The molecule has 0 unspecified atom stereocenters. The number of unbranched alkanes of at least 4 members (excludes halogenated alkanes) is 4. The van der Waals surface area contributed by atoms with E-state index in [4.69, 9.17) is 0 Å². The molecule has 0 amide bonds. The van der Waals surface area contributed by atoms with Gasteiger partial charge in [-0.1, -0.05) is 31.9 Å². The fraction of sp³-hybridized carbons (Fsp3) is 0.833. The Morgan fingerprint density at radius 2 is 1.77 bits per heavy atom. The van der Waals surface area contributed by atoms with Gasteiger partial charge in [0.05, 0.1) is 0 Å². The Morgan fingerprint density at radius 1 is 1.00 bits per heavy atom. The lowest BCUT2D eigenvalue weighted by atomic mass is 10.1. The van der Waals surface area contributed by atoms with Crippen LogP contribution < -0.4 is 0 Å². The molecule has 0 aliphatic heterocycles. The lowest BCUT2D eigenvalue weighted by Crippen LogP contribution is -1.83. The Morgan fingerprint density at radius 3 is 2.46 bits per heavy atom. The van der Waals surface area contributed by atoms with Gasteiger partial charge in [0.1, 0.15) is 0 Å². The van der Waals surface area contributed by atoms with Crippen LogP contribution in [0.5, 0.6) is 0 Å². The normalized spacial score (nSPS) is 11.2. The molecule has 0 fully saturated rings. The van der Waals surface area contributed by atoms with Crippen molar-refractivity contribution in [3.8, 4) is 0 Å². The molecule has 1 heteroatoms. The first-order valence-electron chi connectivity index (χ1n) is 5.60. The van der Waals surface area contributed by atoms with Crippen LogP contribution in [0.15, 0.2) is 12.2 Å². The van der Waals surface area contributed by atoms with E-state index in [0.717, 1.165) is 0 Å². The second-order valence-electron chi connectivity index (χ2n) is 3.38. The van der Waals surface area contributed by atoms with Crippen LogP contribution in [0.1, 0.15) is 52.4 Å². The van der Waals surface area contributed by atoms with Gasteiger partial charge in [0.15, 0.2) is 0 Å². The van der Waals surface area contributed by atoms with Gasteiger partial charge in [-0.15, -0.1) is 0 Å². The number of hydrogen-bond donors (Lipinski definition) is 0. The van der Waals surface area contributed by atoms with Crippen molar-refractivity contribution in [1.29, 1.82) is 0 Å². The maximum atomic E-state index is 2.27. The molecule has 0 rings (SSSR count). The molecule has 0 spiro atoms. The van der Waals surface area contributed by atoms with Crippen LogP contribution in [0.25, 0.3) is 0 Å². The summed E-state index contributed by atoms with van der Waals surface area (Å²) in [6, 6.07) is 0. The summed E-state index contributed by atoms with van der Waals surface area (Å²) in [6.45, 7) is 4.35. The fourth-order valence-electron chi connectivity index (χ4n) is 1.23. The van der Waals surface area contributed by atoms with Crippen molar-refractivity contribution in [3.05, 3.63) is 12.2 Å². The van der Waals surface area contributed by atoms with Crippen molar-refractivity contribution in [2.75, 3.05) is 11.5 Å². The zero-order chi connectivity index (χ0) is 9.78. The summed E-state index contributed by atoms with van der Waals surface area (Å²) >= 11 is 2.11. The first kappa shape index (κ1) is 13.1. The molecule has 0 aliphatic carbocycles. The quantitative estimate of drug-likeness (QED) is 0.385. The maximum Gasteiger partial charge on any atom is -0.00675 e. The van der Waals surface area contributed by atoms with Crippen LogP contribution in [0.2, 0.25) is 0 Å². The number of rotatable bonds is 9. The van der Waals surface area contributed by atoms with Gasteiger partial charge in [0.2, 0.25) is 0 Å². The van der Waals surface area contributed by atoms with Gasteiger partial charge in [-0.3, -0.25) is 0 Å². The van der Waals surface area contributed by atoms with Crippen molar-refractivity contribution in [2.24, 2.45) is 0 Å². The molecule has 13 heavy (non-hydrogen) atoms. The summed E-state index contributed by atoms with van der Waals surface area (Å²) in [6.07, 6.45) is 12.7. The third-order valence-electron chi connectivity index (χ3n) is 1.99. The molecule has 0 bridgehead atoms. The third kappa shape index (κ3) is 12.1. The Kier molecular flexibility index (Phi) is 12.2. The van der Waals surface area contributed by atoms with E-state index in [-0.39, 0.29) is 0 Å². The van der Waals surface area contributed by atoms with Crippen LogP contribution in [0.4, 0.5) is 0 Å². The molecule has 0 N–H and O–H groups in total. The zero-order valence-corrected chi connectivity index (χ0v) is 10.0. The molecule has 0 heterocycles. The van der Waals surface area contributed by atoms with Gasteiger partial charge in [-0.25, -0.2) is 0 Å². The smallest absolute Gasteiger partial charge is 0.00675 e. The largest absolute Gasteiger partial charge is 0.162 e. The summed E-state index contributed by atoms with van der Waals surface area (Å²) < 4.78 is 0. The third-order valence-corrected chi connectivity index (χ3v) is 3.27. The Balaban J connectivity index is 2.83. The van der Waals surface area contributed by atoms with Gasteiger partial charge in [-0.2, -0.15) is 11.8 Å². The van der Waals surface area contributed by atoms with Gasteiger partial charge >= 0.3 is 0 Å². The molecule has 0 radical (unpaired) electrons. The lowest BCUT2D eigenvalue weighted by molar-refractivity contribution is 0.678. The van der Waals surface area contributed by atoms with Gasteiger partial charge in [0.25, 0.3) is 0 Å². The molecule has 0 atom stereocenters. The van der Waals surface area contributed by atoms with Crippen LogP contribution in [-0.2, 0) is 0 Å². The highest BCUT2D eigenvalue weighted by molar-refractivity contribution is 7.99. The van der Waals surface area contributed by atoms with Gasteiger partial charge < -0.3 is 0 Å². The zero-order valence-electron chi connectivity index (χ0n) is 9.22. The van der Waals surface area contributed by atoms with Crippen LogP contribution in [0.3, 0.4) is 0 Å². The highest BCUT2D eigenvalue weighted by Crippen LogP contribution is 2.09. The molecule has 0 saturated carbocycles. The fourth-order valence-corrected chi connectivity index (χ4v) is 2.13. The standard InChI is InChI=1S/C12H24S/c1-3-5-6-7-8-9-10-12-13-11-4-2/h3,5H,4,6-12H2,1-2H3. The Labute approximate surface area is 88.2 Å². The highest BCUT2D eigenvalue weighted by atomic mass is 32.2. The van der Waals surface area contributed by atoms with Crippen molar-refractivity contribution in [3.63, 3.8) is 0 Å². The van der Waals surface area contributed by atoms with E-state index in [9.17, 15) is 0 Å². The van der Waals surface area contributed by atoms with Crippen molar-refractivity contribution >= 4 is 11.8 Å². The lowest BCUT2D eigenvalue weighted by Gasteiger charge is -1.99. The first-order chi connectivity index (χ1) is 6.41. The van der Waals surface area contributed by atoms with Gasteiger partial charge in [0, 0.05) is 0 Å². The predicted molar refractivity (Wildman–Crippen MR) is 65.5 cm³/mol. The molecular formula is C12H24S. The molecule has 0 aromatic heterocycles. The summed E-state index contributed by atoms with van der Waals surface area (Å²) in [5.74, 6) is 2.72. The number of allylic oxidation sites excluding steroid dienone is 2. The molecular weight excluding hydrogens is 176 g/mol. The minimum Gasteiger partial charge on any atom is -0.162 e. The second kappa shape index (κ2) is 12.1.